The van der Waals surface area contributed by atoms with E-state index < -0.39 is 0 Å². The Morgan fingerprint density at radius 2 is 2.17 bits per heavy atom. The first-order chi connectivity index (χ1) is 8.67. The van der Waals surface area contributed by atoms with Crippen LogP contribution in [0.3, 0.4) is 0 Å². The molecule has 3 heteroatoms. The monoisotopic (exact) mass is 249 g/mol. The summed E-state index contributed by atoms with van der Waals surface area (Å²) in [6.07, 6.45) is 2.28. The van der Waals surface area contributed by atoms with Crippen LogP contribution >= 0.6 is 0 Å². The van der Waals surface area contributed by atoms with Gasteiger partial charge in [0.15, 0.2) is 0 Å². The molecule has 1 fully saturated rings. The number of aliphatic hydroxyl groups excluding tert-OH is 1. The molecule has 100 valence electrons. The Bertz CT molecular complexity index is 394. The molecule has 1 atom stereocenters. The molecule has 1 unspecified atom stereocenters. The summed E-state index contributed by atoms with van der Waals surface area (Å²) in [5.41, 5.74) is 1.28. The van der Waals surface area contributed by atoms with Gasteiger partial charge in [0.25, 0.3) is 0 Å². The van der Waals surface area contributed by atoms with Gasteiger partial charge in [0.1, 0.15) is 5.75 Å². The normalized spacial score (nSPS) is 25.1. The van der Waals surface area contributed by atoms with Gasteiger partial charge < -0.3 is 9.84 Å². The molecule has 1 heterocycles. The zero-order valence-electron chi connectivity index (χ0n) is 11.4. The van der Waals surface area contributed by atoms with E-state index in [9.17, 15) is 5.11 Å². The summed E-state index contributed by atoms with van der Waals surface area (Å²) in [6.45, 7) is 5.41. The van der Waals surface area contributed by atoms with Crippen LogP contribution in [0.15, 0.2) is 24.3 Å². The third-order valence-corrected chi connectivity index (χ3v) is 3.83. The van der Waals surface area contributed by atoms with E-state index in [0.29, 0.717) is 0 Å². The third-order valence-electron chi connectivity index (χ3n) is 3.83. The number of piperidine rings is 1. The lowest BCUT2D eigenvalue weighted by molar-refractivity contribution is 0.0426. The number of rotatable bonds is 4. The lowest BCUT2D eigenvalue weighted by Gasteiger charge is -2.39. The van der Waals surface area contributed by atoms with Gasteiger partial charge in [0, 0.05) is 30.7 Å². The van der Waals surface area contributed by atoms with E-state index in [1.54, 1.807) is 7.11 Å². The Labute approximate surface area is 109 Å². The highest BCUT2D eigenvalue weighted by molar-refractivity contribution is 5.33. The van der Waals surface area contributed by atoms with Crippen molar-refractivity contribution in [3.63, 3.8) is 0 Å². The van der Waals surface area contributed by atoms with Gasteiger partial charge in [-0.2, -0.15) is 0 Å². The minimum Gasteiger partial charge on any atom is -0.496 e. The third kappa shape index (κ3) is 3.03. The first kappa shape index (κ1) is 13.4. The molecule has 2 rings (SSSR count). The molecule has 1 N–H and O–H groups in total. The number of nitrogens with zero attached hydrogens (tertiary/aromatic N) is 1. The van der Waals surface area contributed by atoms with Crippen LogP contribution in [0.5, 0.6) is 5.75 Å². The molecular weight excluding hydrogens is 226 g/mol. The van der Waals surface area contributed by atoms with E-state index in [1.165, 1.54) is 5.56 Å². The number of likely N-dealkylation sites (tertiary alicyclic amines) is 1. The summed E-state index contributed by atoms with van der Waals surface area (Å²) in [7, 11) is 1.72. The molecule has 0 radical (unpaired) electrons. The van der Waals surface area contributed by atoms with Crippen LogP contribution in [0, 0.1) is 5.41 Å². The fraction of sp³-hybridized carbons (Fsp3) is 0.600. The standard InChI is InChI=1S/C15H23NO2/c1-15(12-17)8-5-9-16(11-15)10-13-6-3-4-7-14(13)18-2/h3-4,6-7,17H,5,8-12H2,1-2H3. The van der Waals surface area contributed by atoms with Gasteiger partial charge in [-0.1, -0.05) is 25.1 Å². The van der Waals surface area contributed by atoms with Crippen LogP contribution in [0.25, 0.3) is 0 Å². The maximum absolute atomic E-state index is 9.48. The maximum atomic E-state index is 9.48. The Morgan fingerprint density at radius 1 is 1.39 bits per heavy atom. The van der Waals surface area contributed by atoms with Gasteiger partial charge in [-0.25, -0.2) is 0 Å². The molecule has 0 amide bonds. The molecule has 0 spiro atoms. The van der Waals surface area contributed by atoms with Crippen molar-refractivity contribution in [2.24, 2.45) is 5.41 Å². The summed E-state index contributed by atoms with van der Waals surface area (Å²) in [6, 6.07) is 8.16. The molecule has 0 bridgehead atoms. The van der Waals surface area contributed by atoms with Crippen LogP contribution in [0.4, 0.5) is 0 Å². The van der Waals surface area contributed by atoms with E-state index in [2.05, 4.69) is 17.9 Å². The Kier molecular flexibility index (Phi) is 4.25. The summed E-state index contributed by atoms with van der Waals surface area (Å²) in [5, 5.41) is 9.48. The Balaban J connectivity index is 2.05. The summed E-state index contributed by atoms with van der Waals surface area (Å²) >= 11 is 0. The highest BCUT2D eigenvalue weighted by atomic mass is 16.5. The zero-order chi connectivity index (χ0) is 13.0. The van der Waals surface area contributed by atoms with Crippen molar-refractivity contribution in [2.75, 3.05) is 26.8 Å². The van der Waals surface area contributed by atoms with Gasteiger partial charge in [0.2, 0.25) is 0 Å². The van der Waals surface area contributed by atoms with E-state index in [0.717, 1.165) is 38.2 Å². The van der Waals surface area contributed by atoms with Crippen molar-refractivity contribution < 1.29 is 9.84 Å². The molecule has 0 aliphatic carbocycles. The minimum atomic E-state index is 0.0558. The molecule has 1 saturated heterocycles. The summed E-state index contributed by atoms with van der Waals surface area (Å²) in [5.74, 6) is 0.953. The average molecular weight is 249 g/mol. The quantitative estimate of drug-likeness (QED) is 0.888. The number of hydrogen-bond acceptors (Lipinski definition) is 3. The van der Waals surface area contributed by atoms with Gasteiger partial charge in [-0.3, -0.25) is 4.90 Å². The molecule has 0 aromatic heterocycles. The van der Waals surface area contributed by atoms with E-state index in [4.69, 9.17) is 4.74 Å². The molecule has 1 aliphatic rings. The van der Waals surface area contributed by atoms with Crippen LogP contribution in [-0.2, 0) is 6.54 Å². The molecule has 1 aliphatic heterocycles. The van der Waals surface area contributed by atoms with Crippen LogP contribution in [0.1, 0.15) is 25.3 Å². The molecule has 1 aromatic carbocycles. The molecule has 0 saturated carbocycles. The Hall–Kier alpha value is -1.06. The minimum absolute atomic E-state index is 0.0558. The zero-order valence-corrected chi connectivity index (χ0v) is 11.4. The van der Waals surface area contributed by atoms with Crippen molar-refractivity contribution in [1.82, 2.24) is 4.90 Å². The van der Waals surface area contributed by atoms with Crippen molar-refractivity contribution >= 4 is 0 Å². The largest absolute Gasteiger partial charge is 0.496 e. The predicted molar refractivity (Wildman–Crippen MR) is 72.7 cm³/mol. The van der Waals surface area contributed by atoms with Gasteiger partial charge >= 0.3 is 0 Å². The highest BCUT2D eigenvalue weighted by Crippen LogP contribution is 2.30. The fourth-order valence-electron chi connectivity index (χ4n) is 2.77. The second-order valence-corrected chi connectivity index (χ2v) is 5.59. The van der Waals surface area contributed by atoms with Gasteiger partial charge in [-0.15, -0.1) is 0 Å². The number of methoxy groups -OCH3 is 1. The first-order valence-electron chi connectivity index (χ1n) is 6.62. The second-order valence-electron chi connectivity index (χ2n) is 5.59. The second kappa shape index (κ2) is 5.72. The highest BCUT2D eigenvalue weighted by Gasteiger charge is 2.30. The number of benzene rings is 1. The van der Waals surface area contributed by atoms with Crippen molar-refractivity contribution in [1.29, 1.82) is 0 Å². The number of aliphatic hydroxyl groups is 1. The molecular formula is C15H23NO2. The van der Waals surface area contributed by atoms with Crippen LogP contribution < -0.4 is 4.74 Å². The van der Waals surface area contributed by atoms with Crippen molar-refractivity contribution in [3.05, 3.63) is 29.8 Å². The Morgan fingerprint density at radius 3 is 2.89 bits per heavy atom. The van der Waals surface area contributed by atoms with Crippen molar-refractivity contribution in [3.8, 4) is 5.75 Å². The molecule has 1 aromatic rings. The number of ether oxygens (including phenoxy) is 1. The lowest BCUT2D eigenvalue weighted by Crippen LogP contribution is -2.43. The van der Waals surface area contributed by atoms with Crippen LogP contribution in [0.2, 0.25) is 0 Å². The SMILES string of the molecule is COc1ccccc1CN1CCCC(C)(CO)C1. The van der Waals surface area contributed by atoms with Gasteiger partial charge in [0.05, 0.1) is 7.11 Å². The lowest BCUT2D eigenvalue weighted by atomic mass is 9.82. The van der Waals surface area contributed by atoms with E-state index >= 15 is 0 Å². The van der Waals surface area contributed by atoms with Gasteiger partial charge in [-0.05, 0) is 25.5 Å². The van der Waals surface area contributed by atoms with E-state index in [-0.39, 0.29) is 12.0 Å². The summed E-state index contributed by atoms with van der Waals surface area (Å²) in [4.78, 5) is 2.41. The number of hydrogen-bond donors (Lipinski definition) is 1. The maximum Gasteiger partial charge on any atom is 0.123 e. The van der Waals surface area contributed by atoms with Crippen molar-refractivity contribution in [2.45, 2.75) is 26.3 Å². The fourth-order valence-corrected chi connectivity index (χ4v) is 2.77. The topological polar surface area (TPSA) is 32.7 Å². The molecule has 18 heavy (non-hydrogen) atoms. The smallest absolute Gasteiger partial charge is 0.123 e. The van der Waals surface area contributed by atoms with E-state index in [1.807, 2.05) is 18.2 Å². The first-order valence-corrected chi connectivity index (χ1v) is 6.62. The summed E-state index contributed by atoms with van der Waals surface area (Å²) < 4.78 is 5.39. The molecule has 3 nitrogen and oxygen atoms in total. The predicted octanol–water partition coefficient (Wildman–Crippen LogP) is 2.29. The van der Waals surface area contributed by atoms with Crippen LogP contribution in [-0.4, -0.2) is 36.8 Å². The number of para-hydroxylation sites is 1. The average Bonchev–Trinajstić information content (AvgIpc) is 2.39.